The van der Waals surface area contributed by atoms with Crippen molar-refractivity contribution in [2.75, 3.05) is 0 Å². The number of hydrogen-bond donors (Lipinski definition) is 1. The van der Waals surface area contributed by atoms with Crippen molar-refractivity contribution in [3.63, 3.8) is 0 Å². The molecule has 0 atom stereocenters. The fraction of sp³-hybridized carbons (Fsp3) is 0.588. The van der Waals surface area contributed by atoms with E-state index in [1.54, 1.807) is 0 Å². The summed E-state index contributed by atoms with van der Waals surface area (Å²) in [5.74, 6) is 0. The minimum Gasteiger partial charge on any atom is -0.348 e. The van der Waals surface area contributed by atoms with Gasteiger partial charge in [0.2, 0.25) is 0 Å². The molecule has 0 aromatic carbocycles. The van der Waals surface area contributed by atoms with Crippen molar-refractivity contribution in [3.8, 4) is 0 Å². The molecule has 4 heteroatoms. The van der Waals surface area contributed by atoms with E-state index < -0.39 is 0 Å². The topological polar surface area (TPSA) is 34.8 Å². The number of nitrogens with zero attached hydrogens (tertiary/aromatic N) is 3. The summed E-state index contributed by atoms with van der Waals surface area (Å²) in [5.41, 5.74) is 2.49. The van der Waals surface area contributed by atoms with Gasteiger partial charge in [-0.15, -0.1) is 0 Å². The third-order valence-electron chi connectivity index (χ3n) is 4.23. The van der Waals surface area contributed by atoms with Gasteiger partial charge in [0.05, 0.1) is 18.3 Å². The van der Waals surface area contributed by atoms with E-state index in [2.05, 4.69) is 59.1 Å². The molecule has 21 heavy (non-hydrogen) atoms. The van der Waals surface area contributed by atoms with Gasteiger partial charge in [-0.1, -0.05) is 26.7 Å². The molecule has 0 unspecified atom stereocenters. The maximum Gasteiger partial charge on any atom is 0.0821 e. The maximum atomic E-state index is 4.75. The van der Waals surface area contributed by atoms with Crippen LogP contribution in [-0.4, -0.2) is 20.4 Å². The van der Waals surface area contributed by atoms with E-state index in [0.29, 0.717) is 12.1 Å². The third-order valence-corrected chi connectivity index (χ3v) is 4.23. The van der Waals surface area contributed by atoms with Gasteiger partial charge < -0.3 is 9.88 Å². The minimum absolute atomic E-state index is 0.524. The molecule has 2 heterocycles. The van der Waals surface area contributed by atoms with Gasteiger partial charge in [0, 0.05) is 31.2 Å². The lowest BCUT2D eigenvalue weighted by molar-refractivity contribution is 0.461. The quantitative estimate of drug-likeness (QED) is 0.884. The van der Waals surface area contributed by atoms with Crippen LogP contribution in [0.1, 0.15) is 56.8 Å². The molecule has 1 fully saturated rings. The van der Waals surface area contributed by atoms with Crippen LogP contribution in [-0.2, 0) is 13.1 Å². The third kappa shape index (κ3) is 3.76. The molecule has 114 valence electrons. The van der Waals surface area contributed by atoms with Crippen LogP contribution < -0.4 is 5.32 Å². The number of nitrogens with one attached hydrogen (secondary N) is 1. The van der Waals surface area contributed by atoms with Crippen LogP contribution in [0, 0.1) is 0 Å². The van der Waals surface area contributed by atoms with E-state index in [0.717, 1.165) is 18.8 Å². The molecule has 1 saturated carbocycles. The highest BCUT2D eigenvalue weighted by Crippen LogP contribution is 2.28. The van der Waals surface area contributed by atoms with Gasteiger partial charge in [0.1, 0.15) is 0 Å². The summed E-state index contributed by atoms with van der Waals surface area (Å²) in [5, 5.41) is 8.20. The second-order valence-electron chi connectivity index (χ2n) is 6.45. The summed E-state index contributed by atoms with van der Waals surface area (Å²) < 4.78 is 4.39. The first kappa shape index (κ1) is 14.4. The largest absolute Gasteiger partial charge is 0.348 e. The summed E-state index contributed by atoms with van der Waals surface area (Å²) in [7, 11) is 0. The Hall–Kier alpha value is -1.55. The molecule has 1 N–H and O–H groups in total. The van der Waals surface area contributed by atoms with Gasteiger partial charge in [-0.25, -0.2) is 0 Å². The van der Waals surface area contributed by atoms with E-state index >= 15 is 0 Å². The molecule has 0 amide bonds. The number of aromatic nitrogens is 3. The van der Waals surface area contributed by atoms with Gasteiger partial charge in [-0.2, -0.15) is 5.10 Å². The van der Waals surface area contributed by atoms with Crippen LogP contribution >= 0.6 is 0 Å². The lowest BCUT2D eigenvalue weighted by atomic mass is 10.3. The SMILES string of the molecule is CC(C)NCc1ccn(Cc2ccn(C3CCCC3)n2)c1. The van der Waals surface area contributed by atoms with Crippen LogP contribution in [0.5, 0.6) is 0 Å². The Balaban J connectivity index is 1.58. The zero-order chi connectivity index (χ0) is 14.7. The first-order chi connectivity index (χ1) is 10.2. The molecular formula is C17H26N4. The summed E-state index contributed by atoms with van der Waals surface area (Å²) in [6.45, 7) is 6.14. The smallest absolute Gasteiger partial charge is 0.0821 e. The Bertz CT molecular complexity index is 561. The van der Waals surface area contributed by atoms with Gasteiger partial charge in [0.25, 0.3) is 0 Å². The Morgan fingerprint density at radius 1 is 1.24 bits per heavy atom. The molecular weight excluding hydrogens is 260 g/mol. The predicted octanol–water partition coefficient (Wildman–Crippen LogP) is 3.35. The lowest BCUT2D eigenvalue weighted by Gasteiger charge is -2.09. The summed E-state index contributed by atoms with van der Waals surface area (Å²) >= 11 is 0. The van der Waals surface area contributed by atoms with E-state index in [4.69, 9.17) is 5.10 Å². The second-order valence-corrected chi connectivity index (χ2v) is 6.45. The normalized spacial score (nSPS) is 16.1. The first-order valence-corrected chi connectivity index (χ1v) is 8.13. The van der Waals surface area contributed by atoms with Crippen molar-refractivity contribution >= 4 is 0 Å². The zero-order valence-corrected chi connectivity index (χ0v) is 13.1. The van der Waals surface area contributed by atoms with Crippen molar-refractivity contribution in [1.82, 2.24) is 19.7 Å². The highest BCUT2D eigenvalue weighted by molar-refractivity contribution is 5.12. The van der Waals surface area contributed by atoms with Crippen LogP contribution in [0.15, 0.2) is 30.7 Å². The second kappa shape index (κ2) is 6.48. The Morgan fingerprint density at radius 2 is 2.05 bits per heavy atom. The standard InChI is InChI=1S/C17H26N4/c1-14(2)18-11-15-7-9-20(12-15)13-16-8-10-21(19-16)17-5-3-4-6-17/h7-10,12,14,17-18H,3-6,11,13H2,1-2H3. The van der Waals surface area contributed by atoms with Gasteiger partial charge in [-0.05, 0) is 30.5 Å². The summed E-state index contributed by atoms with van der Waals surface area (Å²) in [6.07, 6.45) is 11.8. The van der Waals surface area contributed by atoms with Crippen LogP contribution in [0.25, 0.3) is 0 Å². The molecule has 2 aromatic heterocycles. The minimum atomic E-state index is 0.524. The summed E-state index contributed by atoms with van der Waals surface area (Å²) in [4.78, 5) is 0. The number of hydrogen-bond acceptors (Lipinski definition) is 2. The molecule has 0 spiro atoms. The number of rotatable bonds is 6. The Kier molecular flexibility index (Phi) is 4.44. The average molecular weight is 286 g/mol. The molecule has 0 bridgehead atoms. The van der Waals surface area contributed by atoms with E-state index in [-0.39, 0.29) is 0 Å². The summed E-state index contributed by atoms with van der Waals surface area (Å²) in [6, 6.07) is 5.50. The predicted molar refractivity (Wildman–Crippen MR) is 85.2 cm³/mol. The maximum absolute atomic E-state index is 4.75. The molecule has 4 nitrogen and oxygen atoms in total. The fourth-order valence-corrected chi connectivity index (χ4v) is 3.04. The molecule has 3 rings (SSSR count). The Labute approximate surface area is 127 Å². The van der Waals surface area contributed by atoms with E-state index in [9.17, 15) is 0 Å². The molecule has 0 radical (unpaired) electrons. The molecule has 1 aliphatic rings. The van der Waals surface area contributed by atoms with Gasteiger partial charge >= 0.3 is 0 Å². The molecule has 0 saturated heterocycles. The zero-order valence-electron chi connectivity index (χ0n) is 13.1. The van der Waals surface area contributed by atoms with Gasteiger partial charge in [-0.3, -0.25) is 4.68 Å². The Morgan fingerprint density at radius 3 is 2.81 bits per heavy atom. The van der Waals surface area contributed by atoms with E-state index in [1.807, 2.05) is 0 Å². The monoisotopic (exact) mass is 286 g/mol. The molecule has 0 aliphatic heterocycles. The highest BCUT2D eigenvalue weighted by atomic mass is 15.3. The van der Waals surface area contributed by atoms with Crippen LogP contribution in [0.3, 0.4) is 0 Å². The first-order valence-electron chi connectivity index (χ1n) is 8.13. The van der Waals surface area contributed by atoms with Crippen molar-refractivity contribution in [2.24, 2.45) is 0 Å². The van der Waals surface area contributed by atoms with E-state index in [1.165, 1.54) is 31.2 Å². The fourth-order valence-electron chi connectivity index (χ4n) is 3.04. The van der Waals surface area contributed by atoms with Gasteiger partial charge in [0.15, 0.2) is 0 Å². The highest BCUT2D eigenvalue weighted by Gasteiger charge is 2.17. The molecule has 1 aliphatic carbocycles. The van der Waals surface area contributed by atoms with Crippen LogP contribution in [0.4, 0.5) is 0 Å². The van der Waals surface area contributed by atoms with Crippen molar-refractivity contribution < 1.29 is 0 Å². The van der Waals surface area contributed by atoms with Crippen molar-refractivity contribution in [2.45, 2.75) is 64.7 Å². The average Bonchev–Trinajstić information content (AvgIpc) is 3.18. The van der Waals surface area contributed by atoms with Crippen molar-refractivity contribution in [3.05, 3.63) is 42.0 Å². The lowest BCUT2D eigenvalue weighted by Crippen LogP contribution is -2.21. The van der Waals surface area contributed by atoms with Crippen LogP contribution in [0.2, 0.25) is 0 Å². The van der Waals surface area contributed by atoms with Crippen molar-refractivity contribution in [1.29, 1.82) is 0 Å². The molecule has 2 aromatic rings.